The van der Waals surface area contributed by atoms with E-state index < -0.39 is 0 Å². The summed E-state index contributed by atoms with van der Waals surface area (Å²) < 4.78 is 0. The second-order valence-corrected chi connectivity index (χ2v) is 9.51. The maximum Gasteiger partial charge on any atom is 0.124 e. The molecule has 0 saturated heterocycles. The Balaban J connectivity index is 1.43. The molecule has 0 spiro atoms. The zero-order valence-electron chi connectivity index (χ0n) is 18.1. The number of para-hydroxylation sites is 1. The molecule has 3 N–H and O–H groups in total. The second kappa shape index (κ2) is 7.38. The first-order valence-corrected chi connectivity index (χ1v) is 11.7. The molecule has 158 valence electrons. The largest absolute Gasteiger partial charge is 0.357 e. The van der Waals surface area contributed by atoms with Crippen molar-refractivity contribution >= 4 is 10.9 Å². The maximum atomic E-state index is 4.84. The fraction of sp³-hybridized carbons (Fsp3) is 0.370. The number of imidazole rings is 1. The fourth-order valence-electron chi connectivity index (χ4n) is 5.99. The molecule has 4 heteroatoms. The highest BCUT2D eigenvalue weighted by Gasteiger charge is 2.45. The van der Waals surface area contributed by atoms with Crippen molar-refractivity contribution in [3.63, 3.8) is 0 Å². The molecule has 2 aromatic heterocycles. The minimum absolute atomic E-state index is 0.0720. The third-order valence-corrected chi connectivity index (χ3v) is 7.65. The summed E-state index contributed by atoms with van der Waals surface area (Å²) in [5.74, 6) is 1.68. The van der Waals surface area contributed by atoms with E-state index in [-0.39, 0.29) is 11.6 Å². The average Bonchev–Trinajstić information content (AvgIpc) is 3.46. The molecule has 3 heterocycles. The molecule has 4 aromatic rings. The van der Waals surface area contributed by atoms with Crippen LogP contribution >= 0.6 is 0 Å². The van der Waals surface area contributed by atoms with Crippen LogP contribution in [0.15, 0.2) is 60.8 Å². The zero-order valence-corrected chi connectivity index (χ0v) is 18.1. The SMILES string of the molecule is CC1(C2CCCCC2)N[C@@H](c2ncc(-c3ccccc3)[nH]2)Cc2c1[nH]c1ccccc21. The van der Waals surface area contributed by atoms with Crippen LogP contribution in [0.2, 0.25) is 0 Å². The minimum atomic E-state index is -0.0720. The number of aromatic amines is 2. The first-order chi connectivity index (χ1) is 15.2. The lowest BCUT2D eigenvalue weighted by molar-refractivity contribution is 0.142. The van der Waals surface area contributed by atoms with Gasteiger partial charge in [0.2, 0.25) is 0 Å². The number of rotatable bonds is 3. The van der Waals surface area contributed by atoms with Crippen molar-refractivity contribution in [3.05, 3.63) is 77.9 Å². The van der Waals surface area contributed by atoms with Crippen molar-refractivity contribution in [2.24, 2.45) is 5.92 Å². The van der Waals surface area contributed by atoms with Crippen molar-refractivity contribution in [3.8, 4) is 11.3 Å². The number of fused-ring (bicyclic) bond motifs is 3. The van der Waals surface area contributed by atoms with Crippen molar-refractivity contribution in [1.29, 1.82) is 0 Å². The Labute approximate surface area is 183 Å². The highest BCUT2D eigenvalue weighted by molar-refractivity contribution is 5.85. The summed E-state index contributed by atoms with van der Waals surface area (Å²) in [5.41, 5.74) is 6.30. The second-order valence-electron chi connectivity index (χ2n) is 9.51. The van der Waals surface area contributed by atoms with Gasteiger partial charge in [0.25, 0.3) is 0 Å². The van der Waals surface area contributed by atoms with E-state index in [1.807, 2.05) is 6.20 Å². The normalized spacial score (nSPS) is 24.4. The van der Waals surface area contributed by atoms with Crippen LogP contribution in [-0.4, -0.2) is 15.0 Å². The van der Waals surface area contributed by atoms with Crippen molar-refractivity contribution in [1.82, 2.24) is 20.3 Å². The van der Waals surface area contributed by atoms with Gasteiger partial charge in [-0.25, -0.2) is 4.98 Å². The Bertz CT molecular complexity index is 1200. The van der Waals surface area contributed by atoms with Crippen molar-refractivity contribution in [2.45, 2.75) is 57.0 Å². The Hall–Kier alpha value is -2.85. The molecule has 1 unspecified atom stereocenters. The van der Waals surface area contributed by atoms with Crippen LogP contribution in [0, 0.1) is 5.92 Å². The van der Waals surface area contributed by atoms with Crippen LogP contribution in [0.4, 0.5) is 0 Å². The van der Waals surface area contributed by atoms with Gasteiger partial charge in [0, 0.05) is 16.6 Å². The summed E-state index contributed by atoms with van der Waals surface area (Å²) in [7, 11) is 0. The number of benzene rings is 2. The van der Waals surface area contributed by atoms with Gasteiger partial charge < -0.3 is 9.97 Å². The quantitative estimate of drug-likeness (QED) is 0.374. The summed E-state index contributed by atoms with van der Waals surface area (Å²) in [6, 6.07) is 19.4. The zero-order chi connectivity index (χ0) is 20.8. The molecule has 0 amide bonds. The smallest absolute Gasteiger partial charge is 0.124 e. The van der Waals surface area contributed by atoms with E-state index in [1.54, 1.807) is 0 Å². The van der Waals surface area contributed by atoms with Gasteiger partial charge in [-0.3, -0.25) is 5.32 Å². The highest BCUT2D eigenvalue weighted by Crippen LogP contribution is 2.46. The first kappa shape index (κ1) is 18.9. The lowest BCUT2D eigenvalue weighted by Gasteiger charge is -2.46. The summed E-state index contributed by atoms with van der Waals surface area (Å²) >= 11 is 0. The van der Waals surface area contributed by atoms with Gasteiger partial charge in [0.15, 0.2) is 0 Å². The molecule has 1 saturated carbocycles. The van der Waals surface area contributed by atoms with E-state index in [4.69, 9.17) is 4.98 Å². The van der Waals surface area contributed by atoms with E-state index in [0.29, 0.717) is 5.92 Å². The fourth-order valence-corrected chi connectivity index (χ4v) is 5.99. The van der Waals surface area contributed by atoms with Gasteiger partial charge in [0.1, 0.15) is 5.82 Å². The summed E-state index contributed by atoms with van der Waals surface area (Å²) in [5, 5.41) is 5.43. The van der Waals surface area contributed by atoms with Gasteiger partial charge in [-0.05, 0) is 49.3 Å². The Morgan fingerprint density at radius 3 is 2.52 bits per heavy atom. The van der Waals surface area contributed by atoms with E-state index >= 15 is 0 Å². The number of nitrogens with zero attached hydrogens (tertiary/aromatic N) is 1. The van der Waals surface area contributed by atoms with Crippen LogP contribution in [0.3, 0.4) is 0 Å². The van der Waals surface area contributed by atoms with Crippen LogP contribution in [-0.2, 0) is 12.0 Å². The third-order valence-electron chi connectivity index (χ3n) is 7.65. The summed E-state index contributed by atoms with van der Waals surface area (Å²) in [6.07, 6.45) is 9.55. The molecular weight excluding hydrogens is 380 g/mol. The molecule has 4 nitrogen and oxygen atoms in total. The molecule has 6 rings (SSSR count). The molecule has 1 fully saturated rings. The third kappa shape index (κ3) is 3.12. The van der Waals surface area contributed by atoms with E-state index in [1.165, 1.54) is 59.8 Å². The first-order valence-electron chi connectivity index (χ1n) is 11.7. The van der Waals surface area contributed by atoms with Crippen LogP contribution < -0.4 is 5.32 Å². The Morgan fingerprint density at radius 2 is 1.68 bits per heavy atom. The van der Waals surface area contributed by atoms with Gasteiger partial charge >= 0.3 is 0 Å². The van der Waals surface area contributed by atoms with Crippen molar-refractivity contribution in [2.75, 3.05) is 0 Å². The lowest BCUT2D eigenvalue weighted by atomic mass is 9.70. The number of hydrogen-bond donors (Lipinski definition) is 3. The van der Waals surface area contributed by atoms with Crippen LogP contribution in [0.1, 0.15) is 62.2 Å². The standard InChI is InChI=1S/C27H30N4/c1-27(19-12-6-3-7-13-19)25-21(20-14-8-9-15-22(20)29-25)16-23(31-27)26-28-17-24(30-26)18-10-4-2-5-11-18/h2,4-5,8-11,14-15,17,19,23,29,31H,3,6-7,12-13,16H2,1H3,(H,28,30)/t23-,27?/m1/s1. The molecule has 2 atom stereocenters. The molecule has 0 radical (unpaired) electrons. The van der Waals surface area contributed by atoms with Crippen molar-refractivity contribution < 1.29 is 0 Å². The number of aromatic nitrogens is 3. The van der Waals surface area contributed by atoms with Gasteiger partial charge in [-0.1, -0.05) is 67.8 Å². The molecular formula is C27H30N4. The van der Waals surface area contributed by atoms with Gasteiger partial charge in [-0.2, -0.15) is 0 Å². The Morgan fingerprint density at radius 1 is 0.903 bits per heavy atom. The minimum Gasteiger partial charge on any atom is -0.357 e. The number of hydrogen-bond acceptors (Lipinski definition) is 2. The Kier molecular flexibility index (Phi) is 4.50. The summed E-state index contributed by atoms with van der Waals surface area (Å²) in [6.45, 7) is 2.42. The summed E-state index contributed by atoms with van der Waals surface area (Å²) in [4.78, 5) is 12.3. The van der Waals surface area contributed by atoms with Gasteiger partial charge in [0.05, 0.1) is 23.5 Å². The molecule has 2 aromatic carbocycles. The van der Waals surface area contributed by atoms with Crippen LogP contribution in [0.25, 0.3) is 22.2 Å². The van der Waals surface area contributed by atoms with E-state index in [9.17, 15) is 0 Å². The topological polar surface area (TPSA) is 56.5 Å². The number of nitrogens with one attached hydrogen (secondary N) is 3. The lowest BCUT2D eigenvalue weighted by Crippen LogP contribution is -2.52. The predicted octanol–water partition coefficient (Wildman–Crippen LogP) is 6.24. The van der Waals surface area contributed by atoms with Crippen LogP contribution in [0.5, 0.6) is 0 Å². The molecule has 2 aliphatic rings. The molecule has 1 aliphatic carbocycles. The van der Waals surface area contributed by atoms with E-state index in [2.05, 4.69) is 76.8 Å². The maximum absolute atomic E-state index is 4.84. The number of H-pyrrole nitrogens is 2. The molecule has 31 heavy (non-hydrogen) atoms. The monoisotopic (exact) mass is 410 g/mol. The molecule has 1 aliphatic heterocycles. The average molecular weight is 411 g/mol. The highest BCUT2D eigenvalue weighted by atomic mass is 15.1. The molecule has 0 bridgehead atoms. The van der Waals surface area contributed by atoms with Gasteiger partial charge in [-0.15, -0.1) is 0 Å². The predicted molar refractivity (Wildman–Crippen MR) is 126 cm³/mol. The van der Waals surface area contributed by atoms with E-state index in [0.717, 1.165) is 17.9 Å².